The van der Waals surface area contributed by atoms with E-state index < -0.39 is 0 Å². The minimum Gasteiger partial charge on any atom is -0.313 e. The Labute approximate surface area is 180 Å². The molecule has 4 heterocycles. The van der Waals surface area contributed by atoms with E-state index in [0.29, 0.717) is 23.6 Å². The van der Waals surface area contributed by atoms with E-state index >= 15 is 0 Å². The van der Waals surface area contributed by atoms with Gasteiger partial charge in [0, 0.05) is 35.7 Å². The normalized spacial score (nSPS) is 13.2. The first-order valence-corrected chi connectivity index (χ1v) is 10.8. The summed E-state index contributed by atoms with van der Waals surface area (Å²) in [4.78, 5) is 42.3. The Bertz CT molecular complexity index is 1300. The number of aromatic amines is 1. The average molecular weight is 437 g/mol. The molecule has 0 bridgehead atoms. The molecule has 11 heteroatoms. The number of rotatable bonds is 6. The number of thiophene rings is 1. The van der Waals surface area contributed by atoms with Gasteiger partial charge in [-0.25, -0.2) is 10.4 Å². The van der Waals surface area contributed by atoms with Crippen molar-refractivity contribution in [3.05, 3.63) is 51.1 Å². The molecule has 0 fully saturated rings. The summed E-state index contributed by atoms with van der Waals surface area (Å²) in [6.45, 7) is 0. The number of hydrazine groups is 1. The van der Waals surface area contributed by atoms with Crippen molar-refractivity contribution in [2.24, 2.45) is 0 Å². The third-order valence-electron chi connectivity index (χ3n) is 5.12. The van der Waals surface area contributed by atoms with Crippen molar-refractivity contribution >= 4 is 33.5 Å². The highest BCUT2D eigenvalue weighted by Gasteiger charge is 2.20. The highest BCUT2D eigenvalue weighted by Crippen LogP contribution is 2.33. The third-order valence-corrected chi connectivity index (χ3v) is 6.30. The molecule has 0 aromatic carbocycles. The van der Waals surface area contributed by atoms with Crippen molar-refractivity contribution in [3.8, 4) is 11.4 Å². The second-order valence-corrected chi connectivity index (χ2v) is 8.33. The summed E-state index contributed by atoms with van der Waals surface area (Å²) in [6, 6.07) is 3.63. The van der Waals surface area contributed by atoms with Gasteiger partial charge in [0.1, 0.15) is 10.7 Å². The van der Waals surface area contributed by atoms with Crippen molar-refractivity contribution in [1.82, 2.24) is 30.5 Å². The molecule has 31 heavy (non-hydrogen) atoms. The van der Waals surface area contributed by atoms with Gasteiger partial charge < -0.3 is 9.51 Å². The monoisotopic (exact) mass is 437 g/mol. The molecule has 0 saturated heterocycles. The van der Waals surface area contributed by atoms with Crippen LogP contribution in [0.25, 0.3) is 21.6 Å². The van der Waals surface area contributed by atoms with E-state index in [9.17, 15) is 9.59 Å². The quantitative estimate of drug-likeness (QED) is 0.391. The lowest BCUT2D eigenvalue weighted by Crippen LogP contribution is -2.30. The number of carbonyl (C=O) groups excluding carboxylic acids is 1. The number of nitrogens with zero attached hydrogens (tertiary/aromatic N) is 4. The molecule has 0 atom stereocenters. The van der Waals surface area contributed by atoms with Crippen LogP contribution < -0.4 is 16.4 Å². The van der Waals surface area contributed by atoms with E-state index in [1.54, 1.807) is 35.9 Å². The Kier molecular flexibility index (Phi) is 5.16. The minimum absolute atomic E-state index is 0.0596. The molecule has 1 amide bonds. The van der Waals surface area contributed by atoms with Gasteiger partial charge in [-0.2, -0.15) is 4.98 Å². The Morgan fingerprint density at radius 3 is 3.03 bits per heavy atom. The van der Waals surface area contributed by atoms with Crippen LogP contribution >= 0.6 is 11.3 Å². The topological polar surface area (TPSA) is 139 Å². The van der Waals surface area contributed by atoms with Crippen LogP contribution in [0.3, 0.4) is 0 Å². The fraction of sp³-hybridized carbons (Fsp3) is 0.300. The molecule has 0 spiro atoms. The standard InChI is InChI=1S/C20H19N7O3S/c28-15(25-26-20-24-17(27-30-20)11-4-3-9-21-10-11)8-7-14-22-18(29)16-12-5-1-2-6-13(12)31-19(16)23-14/h3-4,9-10H,1-2,5-8H2,(H,25,28)(H,22,23,29)(H,24,26,27). The summed E-state index contributed by atoms with van der Waals surface area (Å²) in [7, 11) is 0. The van der Waals surface area contributed by atoms with Gasteiger partial charge in [0.05, 0.1) is 5.39 Å². The lowest BCUT2D eigenvalue weighted by atomic mass is 9.97. The number of anilines is 1. The smallest absolute Gasteiger partial charge is 0.313 e. The van der Waals surface area contributed by atoms with Crippen molar-refractivity contribution in [3.63, 3.8) is 0 Å². The molecular formula is C20H19N7O3S. The number of pyridine rings is 1. The van der Waals surface area contributed by atoms with Gasteiger partial charge in [-0.1, -0.05) is 5.16 Å². The van der Waals surface area contributed by atoms with Gasteiger partial charge in [-0.05, 0) is 43.4 Å². The van der Waals surface area contributed by atoms with Crippen LogP contribution in [-0.4, -0.2) is 31.0 Å². The highest BCUT2D eigenvalue weighted by molar-refractivity contribution is 7.18. The van der Waals surface area contributed by atoms with Crippen LogP contribution in [0.15, 0.2) is 33.8 Å². The first-order chi connectivity index (χ1) is 15.2. The van der Waals surface area contributed by atoms with Gasteiger partial charge in [-0.15, -0.1) is 11.3 Å². The summed E-state index contributed by atoms with van der Waals surface area (Å²) < 4.78 is 5.06. The van der Waals surface area contributed by atoms with E-state index in [1.807, 2.05) is 0 Å². The van der Waals surface area contributed by atoms with Crippen LogP contribution in [-0.2, 0) is 24.1 Å². The number of hydrogen-bond acceptors (Lipinski definition) is 9. The highest BCUT2D eigenvalue weighted by atomic mass is 32.1. The van der Waals surface area contributed by atoms with Gasteiger partial charge in [0.2, 0.25) is 11.7 Å². The summed E-state index contributed by atoms with van der Waals surface area (Å²) in [6.07, 6.45) is 7.92. The predicted molar refractivity (Wildman–Crippen MR) is 114 cm³/mol. The van der Waals surface area contributed by atoms with Gasteiger partial charge >= 0.3 is 6.01 Å². The summed E-state index contributed by atoms with van der Waals surface area (Å²) in [5.41, 5.74) is 6.83. The van der Waals surface area contributed by atoms with Gasteiger partial charge in [-0.3, -0.25) is 20.0 Å². The Morgan fingerprint density at radius 1 is 1.26 bits per heavy atom. The fourth-order valence-corrected chi connectivity index (χ4v) is 4.91. The van der Waals surface area contributed by atoms with Crippen LogP contribution in [0.1, 0.15) is 35.5 Å². The van der Waals surface area contributed by atoms with Crippen molar-refractivity contribution in [1.29, 1.82) is 0 Å². The van der Waals surface area contributed by atoms with Gasteiger partial charge in [0.15, 0.2) is 0 Å². The molecule has 4 aromatic heterocycles. The number of aromatic nitrogens is 5. The molecule has 1 aliphatic carbocycles. The SMILES string of the molecule is O=C(CCc1nc2sc3c(c2c(=O)[nH]1)CCCC3)NNc1nc(-c2cccnc2)no1. The molecule has 1 aliphatic rings. The summed E-state index contributed by atoms with van der Waals surface area (Å²) in [5, 5.41) is 4.55. The van der Waals surface area contributed by atoms with E-state index in [0.717, 1.165) is 41.5 Å². The number of amides is 1. The first kappa shape index (κ1) is 19.4. The Morgan fingerprint density at radius 2 is 2.16 bits per heavy atom. The molecule has 0 aliphatic heterocycles. The molecule has 3 N–H and O–H groups in total. The van der Waals surface area contributed by atoms with Crippen molar-refractivity contribution < 1.29 is 9.32 Å². The largest absolute Gasteiger partial charge is 0.340 e. The maximum Gasteiger partial charge on any atom is 0.340 e. The van der Waals surface area contributed by atoms with Gasteiger partial charge in [0.25, 0.3) is 5.56 Å². The number of H-pyrrole nitrogens is 1. The lowest BCUT2D eigenvalue weighted by molar-refractivity contribution is -0.120. The lowest BCUT2D eigenvalue weighted by Gasteiger charge is -2.09. The second kappa shape index (κ2) is 8.26. The molecule has 0 unspecified atom stereocenters. The molecule has 5 rings (SSSR count). The van der Waals surface area contributed by atoms with Crippen molar-refractivity contribution in [2.45, 2.75) is 38.5 Å². The van der Waals surface area contributed by atoms with Crippen LogP contribution in [0, 0.1) is 0 Å². The number of fused-ring (bicyclic) bond motifs is 3. The summed E-state index contributed by atoms with van der Waals surface area (Å²) in [5.74, 6) is 0.566. The maximum atomic E-state index is 12.6. The zero-order chi connectivity index (χ0) is 21.2. The minimum atomic E-state index is -0.297. The van der Waals surface area contributed by atoms with E-state index in [4.69, 9.17) is 4.52 Å². The molecule has 0 saturated carbocycles. The average Bonchev–Trinajstić information content (AvgIpc) is 3.41. The van der Waals surface area contributed by atoms with E-state index in [1.165, 1.54) is 4.88 Å². The predicted octanol–water partition coefficient (Wildman–Crippen LogP) is 2.38. The van der Waals surface area contributed by atoms with Crippen LogP contribution in [0.5, 0.6) is 0 Å². The molecule has 0 radical (unpaired) electrons. The molecular weight excluding hydrogens is 418 g/mol. The van der Waals surface area contributed by atoms with E-state index in [2.05, 4.69) is 35.9 Å². The molecule has 158 valence electrons. The second-order valence-electron chi connectivity index (χ2n) is 7.24. The van der Waals surface area contributed by atoms with E-state index in [-0.39, 0.29) is 23.9 Å². The molecule has 10 nitrogen and oxygen atoms in total. The summed E-state index contributed by atoms with van der Waals surface area (Å²) >= 11 is 1.59. The Hall–Kier alpha value is -3.60. The number of hydrogen-bond donors (Lipinski definition) is 3. The first-order valence-electron chi connectivity index (χ1n) is 10.00. The number of nitrogens with one attached hydrogen (secondary N) is 3. The maximum absolute atomic E-state index is 12.6. The van der Waals surface area contributed by atoms with Crippen LogP contribution in [0.2, 0.25) is 0 Å². The number of aryl methyl sites for hydroxylation is 3. The van der Waals surface area contributed by atoms with Crippen LogP contribution in [0.4, 0.5) is 6.01 Å². The van der Waals surface area contributed by atoms with Crippen molar-refractivity contribution in [2.75, 3.05) is 5.43 Å². The fourth-order valence-electron chi connectivity index (χ4n) is 3.63. The molecule has 4 aromatic rings. The zero-order valence-electron chi connectivity index (χ0n) is 16.5. The Balaban J connectivity index is 1.20. The number of carbonyl (C=O) groups is 1. The third kappa shape index (κ3) is 4.04. The zero-order valence-corrected chi connectivity index (χ0v) is 17.3.